The smallest absolute Gasteiger partial charge is 0.342 e. The van der Waals surface area contributed by atoms with Gasteiger partial charge in [0.15, 0.2) is 0 Å². The zero-order valence-electron chi connectivity index (χ0n) is 15.8. The van der Waals surface area contributed by atoms with Gasteiger partial charge in [-0.3, -0.25) is 0 Å². The summed E-state index contributed by atoms with van der Waals surface area (Å²) in [6.07, 6.45) is -0.141. The minimum atomic E-state index is -0.558. The summed E-state index contributed by atoms with van der Waals surface area (Å²) >= 11 is 0. The number of hydrogen-bond acceptors (Lipinski definition) is 6. The summed E-state index contributed by atoms with van der Waals surface area (Å²) in [5.41, 5.74) is 1.69. The van der Waals surface area contributed by atoms with E-state index in [0.717, 1.165) is 0 Å². The van der Waals surface area contributed by atoms with Gasteiger partial charge >= 0.3 is 5.97 Å². The molecule has 6 nitrogen and oxygen atoms in total. The molecule has 0 amide bonds. The van der Waals surface area contributed by atoms with E-state index in [0.29, 0.717) is 27.8 Å². The predicted molar refractivity (Wildman–Crippen MR) is 103 cm³/mol. The first-order valence-electron chi connectivity index (χ1n) is 8.92. The second-order valence-electron chi connectivity index (χ2n) is 6.44. The van der Waals surface area contributed by atoms with E-state index < -0.39 is 11.8 Å². The number of ether oxygens (including phenoxy) is 2. The van der Waals surface area contributed by atoms with Crippen molar-refractivity contribution in [2.24, 2.45) is 5.18 Å². The molecule has 0 spiro atoms. The Labute approximate surface area is 161 Å². The topological polar surface area (TPSA) is 78.1 Å². The molecule has 0 unspecified atom stereocenters. The zero-order chi connectivity index (χ0) is 20.3. The second kappa shape index (κ2) is 8.21. The van der Waals surface area contributed by atoms with Crippen LogP contribution in [0.25, 0.3) is 22.3 Å². The SMILES string of the molecule is CCOC(=O)c1c(-c2ccc(F)cc2)oc2cc(CN=O)c(OC(C)C)cc12. The maximum absolute atomic E-state index is 13.3. The lowest BCUT2D eigenvalue weighted by atomic mass is 10.0. The van der Waals surface area contributed by atoms with Crippen molar-refractivity contribution in [3.05, 3.63) is 58.2 Å². The molecule has 0 saturated carbocycles. The van der Waals surface area contributed by atoms with Crippen LogP contribution in [-0.2, 0) is 11.3 Å². The van der Waals surface area contributed by atoms with Gasteiger partial charge in [-0.15, -0.1) is 0 Å². The lowest BCUT2D eigenvalue weighted by molar-refractivity contribution is 0.0529. The van der Waals surface area contributed by atoms with E-state index in [4.69, 9.17) is 13.9 Å². The molecule has 146 valence electrons. The van der Waals surface area contributed by atoms with E-state index in [1.54, 1.807) is 19.1 Å². The van der Waals surface area contributed by atoms with Crippen LogP contribution in [0.15, 0.2) is 46.0 Å². The highest BCUT2D eigenvalue weighted by atomic mass is 19.1. The normalized spacial score (nSPS) is 11.0. The van der Waals surface area contributed by atoms with Crippen molar-refractivity contribution in [2.75, 3.05) is 6.61 Å². The molecule has 0 radical (unpaired) electrons. The molecule has 1 heterocycles. The number of fused-ring (bicyclic) bond motifs is 1. The third-order valence-corrected chi connectivity index (χ3v) is 4.05. The molecule has 0 aliphatic carbocycles. The Bertz CT molecular complexity index is 1010. The van der Waals surface area contributed by atoms with E-state index in [1.807, 2.05) is 13.8 Å². The van der Waals surface area contributed by atoms with E-state index in [9.17, 15) is 14.1 Å². The average Bonchev–Trinajstić information content (AvgIpc) is 3.01. The molecule has 0 N–H and O–H groups in total. The van der Waals surface area contributed by atoms with Gasteiger partial charge in [0.25, 0.3) is 0 Å². The Hall–Kier alpha value is -3.22. The first-order valence-corrected chi connectivity index (χ1v) is 8.92. The number of rotatable bonds is 7. The quantitative estimate of drug-likeness (QED) is 0.398. The highest BCUT2D eigenvalue weighted by Gasteiger charge is 2.25. The van der Waals surface area contributed by atoms with Crippen molar-refractivity contribution >= 4 is 16.9 Å². The van der Waals surface area contributed by atoms with Crippen LogP contribution in [0.4, 0.5) is 4.39 Å². The van der Waals surface area contributed by atoms with Crippen LogP contribution < -0.4 is 4.74 Å². The lowest BCUT2D eigenvalue weighted by Gasteiger charge is -2.13. The van der Waals surface area contributed by atoms with Crippen molar-refractivity contribution in [2.45, 2.75) is 33.4 Å². The van der Waals surface area contributed by atoms with Crippen LogP contribution in [0.2, 0.25) is 0 Å². The minimum absolute atomic E-state index is 0.0979. The standard InChI is InChI=1S/C21H20FNO5/c1-4-26-21(24)19-16-10-17(27-12(2)3)14(11-23-25)9-18(16)28-20(19)13-5-7-15(22)8-6-13/h5-10,12H,4,11H2,1-3H3. The number of nitroso groups, excluding NO2 is 1. The van der Waals surface area contributed by atoms with Crippen molar-refractivity contribution in [3.8, 4) is 17.1 Å². The Morgan fingerprint density at radius 3 is 2.54 bits per heavy atom. The van der Waals surface area contributed by atoms with E-state index in [1.165, 1.54) is 24.3 Å². The van der Waals surface area contributed by atoms with E-state index >= 15 is 0 Å². The molecule has 0 atom stereocenters. The predicted octanol–water partition coefficient (Wildman–Crippen LogP) is 5.47. The van der Waals surface area contributed by atoms with Crippen LogP contribution in [0, 0.1) is 10.7 Å². The fourth-order valence-electron chi connectivity index (χ4n) is 2.93. The number of benzene rings is 2. The molecule has 7 heteroatoms. The molecule has 0 fully saturated rings. The summed E-state index contributed by atoms with van der Waals surface area (Å²) < 4.78 is 30.2. The highest BCUT2D eigenvalue weighted by Crippen LogP contribution is 2.38. The minimum Gasteiger partial charge on any atom is -0.491 e. The van der Waals surface area contributed by atoms with Gasteiger partial charge in [-0.2, -0.15) is 4.91 Å². The maximum Gasteiger partial charge on any atom is 0.342 e. The first-order chi connectivity index (χ1) is 13.4. The van der Waals surface area contributed by atoms with Crippen LogP contribution in [0.3, 0.4) is 0 Å². The van der Waals surface area contributed by atoms with Gasteiger partial charge in [-0.25, -0.2) is 9.18 Å². The number of esters is 1. The number of nitrogens with zero attached hydrogens (tertiary/aromatic N) is 1. The molecule has 3 aromatic rings. The van der Waals surface area contributed by atoms with E-state index in [2.05, 4.69) is 5.18 Å². The number of furan rings is 1. The molecule has 0 aliphatic heterocycles. The van der Waals surface area contributed by atoms with Crippen LogP contribution in [0.1, 0.15) is 36.7 Å². The molecule has 2 aromatic carbocycles. The van der Waals surface area contributed by atoms with Crippen LogP contribution >= 0.6 is 0 Å². The lowest BCUT2D eigenvalue weighted by Crippen LogP contribution is -2.08. The molecule has 0 aliphatic rings. The van der Waals surface area contributed by atoms with Gasteiger partial charge < -0.3 is 13.9 Å². The van der Waals surface area contributed by atoms with Gasteiger partial charge in [0.05, 0.1) is 12.7 Å². The van der Waals surface area contributed by atoms with Gasteiger partial charge in [0.1, 0.15) is 35.0 Å². The number of carbonyl (C=O) groups is 1. The van der Waals surface area contributed by atoms with Gasteiger partial charge in [0, 0.05) is 16.5 Å². The number of halogens is 1. The zero-order valence-corrected chi connectivity index (χ0v) is 15.8. The fraction of sp³-hybridized carbons (Fsp3) is 0.286. The van der Waals surface area contributed by atoms with Gasteiger partial charge in [-0.05, 0) is 57.2 Å². The average molecular weight is 385 g/mol. The fourth-order valence-corrected chi connectivity index (χ4v) is 2.93. The molecule has 1 aromatic heterocycles. The summed E-state index contributed by atoms with van der Waals surface area (Å²) in [6, 6.07) is 8.90. The highest BCUT2D eigenvalue weighted by molar-refractivity contribution is 6.09. The summed E-state index contributed by atoms with van der Waals surface area (Å²) in [6.45, 7) is 5.51. The van der Waals surface area contributed by atoms with Crippen molar-refractivity contribution in [1.82, 2.24) is 0 Å². The third-order valence-electron chi connectivity index (χ3n) is 4.05. The Morgan fingerprint density at radius 1 is 1.21 bits per heavy atom. The monoisotopic (exact) mass is 385 g/mol. The summed E-state index contributed by atoms with van der Waals surface area (Å²) in [4.78, 5) is 23.5. The number of carbonyl (C=O) groups excluding carboxylic acids is 1. The van der Waals surface area contributed by atoms with Gasteiger partial charge in [-0.1, -0.05) is 5.18 Å². The van der Waals surface area contributed by atoms with Crippen LogP contribution in [0.5, 0.6) is 5.75 Å². The largest absolute Gasteiger partial charge is 0.491 e. The summed E-state index contributed by atoms with van der Waals surface area (Å²) in [5.74, 6) is -0.249. The van der Waals surface area contributed by atoms with Gasteiger partial charge in [0.2, 0.25) is 0 Å². The summed E-state index contributed by atoms with van der Waals surface area (Å²) in [7, 11) is 0. The van der Waals surface area contributed by atoms with E-state index in [-0.39, 0.29) is 30.6 Å². The van der Waals surface area contributed by atoms with Crippen molar-refractivity contribution in [1.29, 1.82) is 0 Å². The Morgan fingerprint density at radius 2 is 1.93 bits per heavy atom. The molecule has 3 rings (SSSR count). The van der Waals surface area contributed by atoms with Crippen molar-refractivity contribution < 1.29 is 23.1 Å². The molecule has 0 saturated heterocycles. The maximum atomic E-state index is 13.3. The molecule has 0 bridgehead atoms. The first kappa shape index (κ1) is 19.5. The molecular formula is C21H20FNO5. The third kappa shape index (κ3) is 3.88. The molecular weight excluding hydrogens is 365 g/mol. The van der Waals surface area contributed by atoms with Crippen molar-refractivity contribution in [3.63, 3.8) is 0 Å². The Balaban J connectivity index is 2.27. The van der Waals surface area contributed by atoms with Crippen LogP contribution in [-0.4, -0.2) is 18.7 Å². The second-order valence-corrected chi connectivity index (χ2v) is 6.44. The molecule has 28 heavy (non-hydrogen) atoms. The Kier molecular flexibility index (Phi) is 5.73. The summed E-state index contributed by atoms with van der Waals surface area (Å²) in [5, 5.41) is 3.43. The number of hydrogen-bond donors (Lipinski definition) is 0.